The van der Waals surface area contributed by atoms with Gasteiger partial charge in [0.15, 0.2) is 0 Å². The highest BCUT2D eigenvalue weighted by atomic mass is 32.2. The molecule has 2 saturated heterocycles. The maximum atomic E-state index is 13.5. The van der Waals surface area contributed by atoms with Crippen LogP contribution in [-0.2, 0) is 10.0 Å². The Balaban J connectivity index is 1.63. The lowest BCUT2D eigenvalue weighted by Gasteiger charge is -2.57. The number of fused-ring (bicyclic) bond motifs is 2. The second-order valence-corrected chi connectivity index (χ2v) is 8.62. The maximum Gasteiger partial charge on any atom is 0.243 e. The van der Waals surface area contributed by atoms with Crippen LogP contribution in [0.3, 0.4) is 0 Å². The van der Waals surface area contributed by atoms with Crippen molar-refractivity contribution >= 4 is 16.1 Å². The van der Waals surface area contributed by atoms with Gasteiger partial charge in [0, 0.05) is 31.1 Å². The number of halogens is 1. The summed E-state index contributed by atoms with van der Waals surface area (Å²) in [4.78, 5) is 0.0243. The summed E-state index contributed by atoms with van der Waals surface area (Å²) in [7, 11) is -3.70. The Morgan fingerprint density at radius 3 is 2.42 bits per heavy atom. The van der Waals surface area contributed by atoms with E-state index >= 15 is 0 Å². The van der Waals surface area contributed by atoms with Gasteiger partial charge in [-0.05, 0) is 36.2 Å². The monoisotopic (exact) mass is 372 g/mol. The molecule has 136 valence electrons. The molecule has 2 aliphatic rings. The van der Waals surface area contributed by atoms with E-state index in [1.165, 1.54) is 18.2 Å². The molecule has 3 atom stereocenters. The van der Waals surface area contributed by atoms with Crippen LogP contribution in [0.25, 0.3) is 6.08 Å². The number of rotatable bonds is 4. The van der Waals surface area contributed by atoms with Gasteiger partial charge >= 0.3 is 0 Å². The van der Waals surface area contributed by atoms with E-state index in [1.54, 1.807) is 4.31 Å². The zero-order valence-electron chi connectivity index (χ0n) is 14.5. The van der Waals surface area contributed by atoms with Crippen LogP contribution in [0.1, 0.15) is 24.0 Å². The Kier molecular flexibility index (Phi) is 4.42. The van der Waals surface area contributed by atoms with Crippen LogP contribution in [-0.4, -0.2) is 37.9 Å². The summed E-state index contributed by atoms with van der Waals surface area (Å²) >= 11 is 0. The minimum atomic E-state index is -3.70. The van der Waals surface area contributed by atoms with Crippen molar-refractivity contribution in [2.45, 2.75) is 29.8 Å². The van der Waals surface area contributed by atoms with Gasteiger partial charge in [0.1, 0.15) is 5.82 Å². The highest BCUT2D eigenvalue weighted by molar-refractivity contribution is 7.89. The lowest BCUT2D eigenvalue weighted by Crippen LogP contribution is -2.73. The smallest absolute Gasteiger partial charge is 0.243 e. The van der Waals surface area contributed by atoms with E-state index in [4.69, 9.17) is 0 Å². The molecule has 2 aromatic carbocycles. The summed E-state index contributed by atoms with van der Waals surface area (Å²) in [5.74, 6) is -0.370. The van der Waals surface area contributed by atoms with Crippen LogP contribution in [0.5, 0.6) is 0 Å². The van der Waals surface area contributed by atoms with Crippen LogP contribution >= 0.6 is 0 Å². The molecule has 1 N–H and O–H groups in total. The molecule has 4 nitrogen and oxygen atoms in total. The van der Waals surface area contributed by atoms with Crippen LogP contribution in [0.4, 0.5) is 4.39 Å². The second-order valence-electron chi connectivity index (χ2n) is 6.78. The molecule has 1 unspecified atom stereocenters. The van der Waals surface area contributed by atoms with Gasteiger partial charge in [-0.3, -0.25) is 0 Å². The molecule has 0 spiro atoms. The number of nitrogens with one attached hydrogen (secondary N) is 1. The van der Waals surface area contributed by atoms with Crippen LogP contribution < -0.4 is 5.32 Å². The van der Waals surface area contributed by atoms with Gasteiger partial charge in [-0.1, -0.05) is 42.5 Å². The normalized spacial score (nSPS) is 26.0. The average Bonchev–Trinajstić information content (AvgIpc) is 2.64. The SMILES string of the molecule is CC=Cc1ccc(C2[C@H]3CNC[C@@H]2N3S(=O)(=O)c2cccc(F)c2)cc1. The predicted molar refractivity (Wildman–Crippen MR) is 99.8 cm³/mol. The fourth-order valence-electron chi connectivity index (χ4n) is 4.10. The summed E-state index contributed by atoms with van der Waals surface area (Å²) in [5.41, 5.74) is 2.28. The topological polar surface area (TPSA) is 49.4 Å². The van der Waals surface area contributed by atoms with E-state index in [1.807, 2.05) is 19.1 Å². The van der Waals surface area contributed by atoms with Crippen LogP contribution in [0.15, 0.2) is 59.5 Å². The Bertz CT molecular complexity index is 929. The van der Waals surface area contributed by atoms with Crippen LogP contribution in [0.2, 0.25) is 0 Å². The molecule has 2 aliphatic heterocycles. The van der Waals surface area contributed by atoms with Crippen molar-refractivity contribution in [1.29, 1.82) is 0 Å². The van der Waals surface area contributed by atoms with Gasteiger partial charge in [-0.25, -0.2) is 12.8 Å². The molecule has 2 bridgehead atoms. The molecule has 2 heterocycles. The molecule has 2 aromatic rings. The average molecular weight is 372 g/mol. The van der Waals surface area contributed by atoms with Crippen molar-refractivity contribution < 1.29 is 12.8 Å². The van der Waals surface area contributed by atoms with Crippen molar-refractivity contribution in [2.75, 3.05) is 13.1 Å². The number of hydrogen-bond donors (Lipinski definition) is 1. The van der Waals surface area contributed by atoms with Gasteiger partial charge in [0.05, 0.1) is 4.90 Å². The first-order chi connectivity index (χ1) is 12.5. The lowest BCUT2D eigenvalue weighted by molar-refractivity contribution is 0.0370. The molecule has 4 rings (SSSR count). The first kappa shape index (κ1) is 17.4. The summed E-state index contributed by atoms with van der Waals surface area (Å²) in [6, 6.07) is 13.2. The van der Waals surface area contributed by atoms with Crippen molar-refractivity contribution in [1.82, 2.24) is 9.62 Å². The number of piperazine rings is 1. The van der Waals surface area contributed by atoms with Crippen molar-refractivity contribution in [2.24, 2.45) is 0 Å². The summed E-state index contributed by atoms with van der Waals surface area (Å²) in [6.07, 6.45) is 4.03. The molecule has 0 saturated carbocycles. The van der Waals surface area contributed by atoms with Gasteiger partial charge in [-0.15, -0.1) is 0 Å². The number of nitrogens with zero attached hydrogens (tertiary/aromatic N) is 1. The Hall–Kier alpha value is -2.02. The fraction of sp³-hybridized carbons (Fsp3) is 0.300. The van der Waals surface area contributed by atoms with E-state index in [0.29, 0.717) is 13.1 Å². The Morgan fingerprint density at radius 2 is 1.81 bits per heavy atom. The molecule has 0 aliphatic carbocycles. The van der Waals surface area contributed by atoms with E-state index in [-0.39, 0.29) is 22.9 Å². The number of benzene rings is 2. The van der Waals surface area contributed by atoms with Crippen molar-refractivity contribution in [3.05, 3.63) is 71.6 Å². The first-order valence-electron chi connectivity index (χ1n) is 8.75. The fourth-order valence-corrected chi connectivity index (χ4v) is 5.98. The van der Waals surface area contributed by atoms with Gasteiger partial charge in [0.2, 0.25) is 10.0 Å². The van der Waals surface area contributed by atoms with Gasteiger partial charge in [-0.2, -0.15) is 4.31 Å². The third-order valence-electron chi connectivity index (χ3n) is 5.24. The zero-order valence-corrected chi connectivity index (χ0v) is 15.3. The largest absolute Gasteiger partial charge is 0.313 e. The first-order valence-corrected chi connectivity index (χ1v) is 10.2. The molecule has 0 aromatic heterocycles. The Morgan fingerprint density at radius 1 is 1.12 bits per heavy atom. The highest BCUT2D eigenvalue weighted by Crippen LogP contribution is 2.45. The lowest BCUT2D eigenvalue weighted by atomic mass is 9.75. The predicted octanol–water partition coefficient (Wildman–Crippen LogP) is 2.99. The molecule has 26 heavy (non-hydrogen) atoms. The molecule has 0 radical (unpaired) electrons. The van der Waals surface area contributed by atoms with Crippen molar-refractivity contribution in [3.63, 3.8) is 0 Å². The molecule has 0 amide bonds. The zero-order chi connectivity index (χ0) is 18.3. The summed E-state index contributed by atoms with van der Waals surface area (Å²) < 4.78 is 41.1. The van der Waals surface area contributed by atoms with Gasteiger partial charge in [0.25, 0.3) is 0 Å². The minimum absolute atomic E-state index is 0.0243. The molecule has 2 fully saturated rings. The maximum absolute atomic E-state index is 13.5. The van der Waals surface area contributed by atoms with Gasteiger partial charge < -0.3 is 5.32 Å². The molecular formula is C20H21FN2O2S. The van der Waals surface area contributed by atoms with E-state index < -0.39 is 15.8 Å². The third kappa shape index (κ3) is 2.78. The van der Waals surface area contributed by atoms with E-state index in [0.717, 1.165) is 17.2 Å². The quantitative estimate of drug-likeness (QED) is 0.898. The molecular weight excluding hydrogens is 351 g/mol. The Labute approximate surface area is 153 Å². The standard InChI is InChI=1S/C20H21FN2O2S/c1-2-4-14-7-9-15(10-8-14)20-18-12-22-13-19(20)23(18)26(24,25)17-6-3-5-16(21)11-17/h2-11,18-20,22H,12-13H2,1H3/t18-,19+,20?. The summed E-state index contributed by atoms with van der Waals surface area (Å²) in [5, 5.41) is 3.29. The van der Waals surface area contributed by atoms with Crippen molar-refractivity contribution in [3.8, 4) is 0 Å². The van der Waals surface area contributed by atoms with E-state index in [9.17, 15) is 12.8 Å². The van der Waals surface area contributed by atoms with Crippen LogP contribution in [0, 0.1) is 5.82 Å². The minimum Gasteiger partial charge on any atom is -0.313 e. The number of sulfonamides is 1. The number of hydrogen-bond acceptors (Lipinski definition) is 3. The second kappa shape index (κ2) is 6.61. The number of allylic oxidation sites excluding steroid dienone is 1. The third-order valence-corrected chi connectivity index (χ3v) is 7.19. The number of piperidine rings is 1. The summed E-state index contributed by atoms with van der Waals surface area (Å²) in [6.45, 7) is 3.18. The highest BCUT2D eigenvalue weighted by Gasteiger charge is 2.56. The molecule has 6 heteroatoms. The van der Waals surface area contributed by atoms with E-state index in [2.05, 4.69) is 29.6 Å².